The van der Waals surface area contributed by atoms with Crippen LogP contribution in [-0.2, 0) is 4.79 Å². The zero-order valence-corrected chi connectivity index (χ0v) is 13.4. The lowest BCUT2D eigenvalue weighted by Gasteiger charge is -2.20. The van der Waals surface area contributed by atoms with E-state index in [-0.39, 0.29) is 5.56 Å². The topological polar surface area (TPSA) is 58.6 Å². The van der Waals surface area contributed by atoms with E-state index in [2.05, 4.69) is 5.32 Å². The van der Waals surface area contributed by atoms with Gasteiger partial charge in [0.15, 0.2) is 6.10 Å². The molecule has 0 saturated carbocycles. The van der Waals surface area contributed by atoms with Gasteiger partial charge in [-0.25, -0.2) is 8.78 Å². The van der Waals surface area contributed by atoms with Crippen LogP contribution < -0.4 is 10.1 Å². The third-order valence-electron chi connectivity index (χ3n) is 3.72. The molecule has 0 radical (unpaired) electrons. The van der Waals surface area contributed by atoms with Crippen molar-refractivity contribution in [3.8, 4) is 5.75 Å². The van der Waals surface area contributed by atoms with Crippen molar-refractivity contribution >= 4 is 5.91 Å². The maximum Gasteiger partial charge on any atom is 0.253 e. The smallest absolute Gasteiger partial charge is 0.253 e. The predicted molar refractivity (Wildman–Crippen MR) is 85.5 cm³/mol. The third kappa shape index (κ3) is 4.08. The van der Waals surface area contributed by atoms with E-state index in [4.69, 9.17) is 4.74 Å². The number of carbonyl (C=O) groups is 1. The Morgan fingerprint density at radius 1 is 1.25 bits per heavy atom. The van der Waals surface area contributed by atoms with Gasteiger partial charge in [-0.15, -0.1) is 0 Å². The SMILES string of the molecule is CCC(NC(=O)C(O)c1cccc(OC)c1)c1ccc(F)cc1F. The summed E-state index contributed by atoms with van der Waals surface area (Å²) in [6.45, 7) is 1.76. The molecule has 128 valence electrons. The third-order valence-corrected chi connectivity index (χ3v) is 3.72. The minimum atomic E-state index is -1.42. The summed E-state index contributed by atoms with van der Waals surface area (Å²) in [6, 6.07) is 9.00. The first-order valence-electron chi connectivity index (χ1n) is 7.53. The Kier molecular flexibility index (Phi) is 5.87. The molecule has 4 nitrogen and oxygen atoms in total. The highest BCUT2D eigenvalue weighted by atomic mass is 19.1. The summed E-state index contributed by atoms with van der Waals surface area (Å²) >= 11 is 0. The van der Waals surface area contributed by atoms with Crippen LogP contribution in [0.1, 0.15) is 36.6 Å². The van der Waals surface area contributed by atoms with Gasteiger partial charge in [0.1, 0.15) is 17.4 Å². The molecule has 2 aromatic carbocycles. The first-order valence-corrected chi connectivity index (χ1v) is 7.53. The van der Waals surface area contributed by atoms with Gasteiger partial charge >= 0.3 is 0 Å². The van der Waals surface area contributed by atoms with E-state index in [0.717, 1.165) is 12.1 Å². The highest BCUT2D eigenvalue weighted by Gasteiger charge is 2.23. The molecular weight excluding hydrogens is 316 g/mol. The number of aliphatic hydroxyl groups excluding tert-OH is 1. The Morgan fingerprint density at radius 2 is 2.00 bits per heavy atom. The monoisotopic (exact) mass is 335 g/mol. The van der Waals surface area contributed by atoms with Crippen molar-refractivity contribution in [2.24, 2.45) is 0 Å². The summed E-state index contributed by atoms with van der Waals surface area (Å²) in [6.07, 6.45) is -1.03. The molecule has 6 heteroatoms. The van der Waals surface area contributed by atoms with Gasteiger partial charge in [0.25, 0.3) is 5.91 Å². The Bertz CT molecular complexity index is 721. The van der Waals surface area contributed by atoms with E-state index >= 15 is 0 Å². The molecule has 0 bridgehead atoms. The molecule has 2 atom stereocenters. The molecule has 2 N–H and O–H groups in total. The van der Waals surface area contributed by atoms with E-state index in [1.54, 1.807) is 31.2 Å². The molecule has 1 amide bonds. The van der Waals surface area contributed by atoms with Gasteiger partial charge < -0.3 is 15.2 Å². The van der Waals surface area contributed by atoms with Gasteiger partial charge in [-0.1, -0.05) is 25.1 Å². The molecular formula is C18H19F2NO3. The van der Waals surface area contributed by atoms with Gasteiger partial charge in [0, 0.05) is 11.6 Å². The van der Waals surface area contributed by atoms with Crippen LogP contribution in [0.2, 0.25) is 0 Å². The molecule has 0 aliphatic carbocycles. The van der Waals surface area contributed by atoms with E-state index in [1.807, 2.05) is 0 Å². The molecule has 0 aliphatic rings. The highest BCUT2D eigenvalue weighted by Crippen LogP contribution is 2.24. The second-order valence-corrected chi connectivity index (χ2v) is 5.31. The quantitative estimate of drug-likeness (QED) is 0.852. The summed E-state index contributed by atoms with van der Waals surface area (Å²) in [4.78, 5) is 12.3. The van der Waals surface area contributed by atoms with Crippen LogP contribution in [0.4, 0.5) is 8.78 Å². The zero-order chi connectivity index (χ0) is 17.7. The van der Waals surface area contributed by atoms with Crippen LogP contribution in [-0.4, -0.2) is 18.1 Å². The van der Waals surface area contributed by atoms with Gasteiger partial charge in [-0.05, 0) is 30.2 Å². The van der Waals surface area contributed by atoms with Crippen molar-refractivity contribution in [1.29, 1.82) is 0 Å². The van der Waals surface area contributed by atoms with Gasteiger partial charge in [-0.3, -0.25) is 4.79 Å². The van der Waals surface area contributed by atoms with Crippen LogP contribution in [0.3, 0.4) is 0 Å². The fourth-order valence-electron chi connectivity index (χ4n) is 2.40. The normalized spacial score (nSPS) is 13.2. The molecule has 0 saturated heterocycles. The fourth-order valence-corrected chi connectivity index (χ4v) is 2.40. The summed E-state index contributed by atoms with van der Waals surface area (Å²) in [5, 5.41) is 12.8. The summed E-state index contributed by atoms with van der Waals surface area (Å²) in [7, 11) is 1.48. The van der Waals surface area contributed by atoms with Crippen molar-refractivity contribution in [3.63, 3.8) is 0 Å². The number of rotatable bonds is 6. The number of amides is 1. The van der Waals surface area contributed by atoms with Crippen molar-refractivity contribution in [3.05, 3.63) is 65.2 Å². The zero-order valence-electron chi connectivity index (χ0n) is 13.4. The van der Waals surface area contributed by atoms with Gasteiger partial charge in [0.05, 0.1) is 13.2 Å². The Hall–Kier alpha value is -2.47. The number of ether oxygens (including phenoxy) is 1. The summed E-state index contributed by atoms with van der Waals surface area (Å²) < 4.78 is 32.0. The molecule has 0 spiro atoms. The van der Waals surface area contributed by atoms with Crippen molar-refractivity contribution in [2.45, 2.75) is 25.5 Å². The lowest BCUT2D eigenvalue weighted by Crippen LogP contribution is -2.33. The van der Waals surface area contributed by atoms with Crippen LogP contribution in [0, 0.1) is 11.6 Å². The Morgan fingerprint density at radius 3 is 2.62 bits per heavy atom. The standard InChI is InChI=1S/C18H19F2NO3/c1-3-16(14-8-7-12(19)10-15(14)20)21-18(23)17(22)11-5-4-6-13(9-11)24-2/h4-10,16-17,22H,3H2,1-2H3,(H,21,23). The number of benzene rings is 2. The summed E-state index contributed by atoms with van der Waals surface area (Å²) in [5.41, 5.74) is 0.534. The lowest BCUT2D eigenvalue weighted by molar-refractivity contribution is -0.130. The number of halogens is 2. The van der Waals surface area contributed by atoms with Crippen LogP contribution in [0.5, 0.6) is 5.75 Å². The Labute approximate surface area is 139 Å². The number of methoxy groups -OCH3 is 1. The largest absolute Gasteiger partial charge is 0.497 e. The van der Waals surface area contributed by atoms with E-state index in [0.29, 0.717) is 17.7 Å². The number of carbonyl (C=O) groups excluding carboxylic acids is 1. The average Bonchev–Trinajstić information content (AvgIpc) is 2.59. The minimum absolute atomic E-state index is 0.171. The van der Waals surface area contributed by atoms with E-state index in [1.165, 1.54) is 13.2 Å². The van der Waals surface area contributed by atoms with Gasteiger partial charge in [-0.2, -0.15) is 0 Å². The minimum Gasteiger partial charge on any atom is -0.497 e. The second kappa shape index (κ2) is 7.88. The van der Waals surface area contributed by atoms with Crippen molar-refractivity contribution in [1.82, 2.24) is 5.32 Å². The van der Waals surface area contributed by atoms with E-state index < -0.39 is 29.7 Å². The molecule has 2 rings (SSSR count). The number of hydrogen-bond acceptors (Lipinski definition) is 3. The molecule has 24 heavy (non-hydrogen) atoms. The number of hydrogen-bond donors (Lipinski definition) is 2. The predicted octanol–water partition coefficient (Wildman–Crippen LogP) is 3.27. The second-order valence-electron chi connectivity index (χ2n) is 5.31. The molecule has 0 aromatic heterocycles. The van der Waals surface area contributed by atoms with E-state index in [9.17, 15) is 18.7 Å². The van der Waals surface area contributed by atoms with Crippen LogP contribution in [0.25, 0.3) is 0 Å². The van der Waals surface area contributed by atoms with Crippen LogP contribution in [0.15, 0.2) is 42.5 Å². The maximum atomic E-state index is 13.9. The molecule has 2 aromatic rings. The summed E-state index contributed by atoms with van der Waals surface area (Å²) in [5.74, 6) is -1.58. The highest BCUT2D eigenvalue weighted by molar-refractivity contribution is 5.82. The number of aliphatic hydroxyl groups is 1. The molecule has 0 aliphatic heterocycles. The number of nitrogens with one attached hydrogen (secondary N) is 1. The van der Waals surface area contributed by atoms with Crippen molar-refractivity contribution < 1.29 is 23.4 Å². The van der Waals surface area contributed by atoms with Crippen molar-refractivity contribution in [2.75, 3.05) is 7.11 Å². The van der Waals surface area contributed by atoms with Gasteiger partial charge in [0.2, 0.25) is 0 Å². The average molecular weight is 335 g/mol. The first kappa shape index (κ1) is 17.9. The molecule has 0 heterocycles. The Balaban J connectivity index is 2.16. The fraction of sp³-hybridized carbons (Fsp3) is 0.278. The maximum absolute atomic E-state index is 13.9. The molecule has 0 fully saturated rings. The first-order chi connectivity index (χ1) is 11.5. The molecule has 2 unspecified atom stereocenters. The lowest BCUT2D eigenvalue weighted by atomic mass is 10.0. The van der Waals surface area contributed by atoms with Crippen LogP contribution >= 0.6 is 0 Å².